The summed E-state index contributed by atoms with van der Waals surface area (Å²) in [6, 6.07) is 0.186. The van der Waals surface area contributed by atoms with Crippen molar-refractivity contribution < 1.29 is 6.22 Å². The molecule has 0 radical (unpaired) electrons. The molecule has 3 aliphatic rings. The first-order valence-electron chi connectivity index (χ1n) is 11.6. The van der Waals surface area contributed by atoms with Gasteiger partial charge in [0.2, 0.25) is 0 Å². The molecule has 0 atom stereocenters. The van der Waals surface area contributed by atoms with Crippen LogP contribution in [0.2, 0.25) is 0 Å². The average Bonchev–Trinajstić information content (AvgIpc) is 3.47. The van der Waals surface area contributed by atoms with Crippen LogP contribution in [0.3, 0.4) is 0 Å². The topological polar surface area (TPSA) is 88.0 Å². The van der Waals surface area contributed by atoms with E-state index >= 15 is 0 Å². The molecule has 0 unspecified atom stereocenters. The first-order valence-corrected chi connectivity index (χ1v) is 11.6. The van der Waals surface area contributed by atoms with Crippen molar-refractivity contribution in [3.8, 4) is 11.3 Å². The number of carbonyl (C=O) groups excluding carboxylic acids is 1. The number of aromatic nitrogens is 4. The van der Waals surface area contributed by atoms with Crippen molar-refractivity contribution in [1.82, 2.24) is 35.3 Å². The number of dihydropyridines is 1. The lowest BCUT2D eigenvalue weighted by atomic mass is 9.94. The Morgan fingerprint density at radius 3 is 2.85 bits per heavy atom. The first-order chi connectivity index (χ1) is 16.5. The highest BCUT2D eigenvalue weighted by molar-refractivity contribution is 5.98. The normalized spacial score (nSPS) is 19.7. The first kappa shape index (κ1) is 22.0. The lowest BCUT2D eigenvalue weighted by Crippen LogP contribution is -2.44. The average molecular weight is 458 g/mol. The summed E-state index contributed by atoms with van der Waals surface area (Å²) in [5, 5.41) is 10.7. The molecular formula is C26H31N7O. The van der Waals surface area contributed by atoms with Crippen LogP contribution in [0, 0.1) is 0 Å². The molecule has 1 saturated heterocycles. The van der Waals surface area contributed by atoms with Crippen molar-refractivity contribution >= 4 is 11.5 Å². The zero-order valence-electron chi connectivity index (χ0n) is 19.6. The van der Waals surface area contributed by atoms with E-state index in [4.69, 9.17) is 0 Å². The van der Waals surface area contributed by atoms with E-state index in [1.54, 1.807) is 17.1 Å². The summed E-state index contributed by atoms with van der Waals surface area (Å²) in [5.41, 5.74) is 7.15. The molecule has 176 valence electrons. The number of amides is 1. The second kappa shape index (κ2) is 9.23. The third-order valence-corrected chi connectivity index (χ3v) is 6.58. The van der Waals surface area contributed by atoms with Crippen LogP contribution in [-0.4, -0.2) is 56.7 Å². The Hall–Kier alpha value is -3.78. The van der Waals surface area contributed by atoms with Crippen molar-refractivity contribution in [2.75, 3.05) is 20.1 Å². The van der Waals surface area contributed by atoms with Gasteiger partial charge >= 0.3 is 0 Å². The van der Waals surface area contributed by atoms with Gasteiger partial charge in [0.05, 0.1) is 28.9 Å². The van der Waals surface area contributed by atoms with Crippen molar-refractivity contribution in [2.24, 2.45) is 7.05 Å². The van der Waals surface area contributed by atoms with Gasteiger partial charge in [-0.1, -0.05) is 18.7 Å². The van der Waals surface area contributed by atoms with E-state index in [0.29, 0.717) is 5.57 Å². The van der Waals surface area contributed by atoms with E-state index in [-0.39, 0.29) is 13.4 Å². The van der Waals surface area contributed by atoms with Crippen LogP contribution in [0.25, 0.3) is 16.8 Å². The van der Waals surface area contributed by atoms with Crippen LogP contribution >= 0.6 is 0 Å². The Morgan fingerprint density at radius 1 is 1.29 bits per heavy atom. The fraction of sp³-hybridized carbons (Fsp3) is 0.308. The molecule has 34 heavy (non-hydrogen) atoms. The molecule has 4 heterocycles. The van der Waals surface area contributed by atoms with E-state index in [1.165, 1.54) is 0 Å². The molecule has 2 N–H and O–H groups in total. The Bertz CT molecular complexity index is 1260. The summed E-state index contributed by atoms with van der Waals surface area (Å²) < 4.78 is 1.77. The van der Waals surface area contributed by atoms with Crippen LogP contribution in [0.15, 0.2) is 72.6 Å². The zero-order valence-corrected chi connectivity index (χ0v) is 19.6. The highest BCUT2D eigenvalue weighted by atomic mass is 16.1. The van der Waals surface area contributed by atoms with E-state index < -0.39 is 0 Å². The molecule has 2 aliphatic heterocycles. The van der Waals surface area contributed by atoms with Gasteiger partial charge in [0.25, 0.3) is 5.91 Å². The lowest BCUT2D eigenvalue weighted by Gasteiger charge is -2.29. The molecule has 8 nitrogen and oxygen atoms in total. The molecule has 5 rings (SSSR count). The van der Waals surface area contributed by atoms with Gasteiger partial charge in [0.15, 0.2) is 0 Å². The molecule has 1 amide bonds. The predicted molar refractivity (Wildman–Crippen MR) is 134 cm³/mol. The van der Waals surface area contributed by atoms with Crippen molar-refractivity contribution in [3.05, 3.63) is 83.9 Å². The lowest BCUT2D eigenvalue weighted by molar-refractivity contribution is -0.118. The van der Waals surface area contributed by atoms with Crippen LogP contribution in [0.5, 0.6) is 0 Å². The number of nitrogens with one attached hydrogen (secondary N) is 2. The number of allylic oxidation sites excluding steroid dienone is 5. The van der Waals surface area contributed by atoms with Gasteiger partial charge in [0.1, 0.15) is 6.33 Å². The van der Waals surface area contributed by atoms with E-state index in [0.717, 1.165) is 71.7 Å². The van der Waals surface area contributed by atoms with E-state index in [9.17, 15) is 4.79 Å². The highest BCUT2D eigenvalue weighted by Crippen LogP contribution is 2.39. The summed E-state index contributed by atoms with van der Waals surface area (Å²) in [6.07, 6.45) is 17.7. The quantitative estimate of drug-likeness (QED) is 0.672. The van der Waals surface area contributed by atoms with Gasteiger partial charge < -0.3 is 15.5 Å². The smallest absolute Gasteiger partial charge is 0.253 e. The second-order valence-electron chi connectivity index (χ2n) is 8.93. The monoisotopic (exact) mass is 457 g/mol. The van der Waals surface area contributed by atoms with Crippen molar-refractivity contribution in [2.45, 2.75) is 25.3 Å². The number of carbonyl (C=O) groups is 1. The number of nitrogens with zero attached hydrogens (tertiary/aromatic N) is 5. The Kier molecular flexibility index (Phi) is 5.98. The molecule has 0 aromatic carbocycles. The minimum Gasteiger partial charge on any atom is -0.361 e. The summed E-state index contributed by atoms with van der Waals surface area (Å²) in [5.74, 6) is -0.0989. The van der Waals surface area contributed by atoms with Crippen LogP contribution < -0.4 is 10.6 Å². The molecule has 2 aromatic rings. The number of aryl methyl sites for hydroxylation is 1. The largest absolute Gasteiger partial charge is 0.361 e. The maximum Gasteiger partial charge on any atom is 0.253 e. The number of piperidine rings is 1. The Morgan fingerprint density at radius 2 is 2.12 bits per heavy atom. The maximum absolute atomic E-state index is 13.1. The summed E-state index contributed by atoms with van der Waals surface area (Å²) in [6.45, 7) is 5.89. The van der Waals surface area contributed by atoms with Crippen molar-refractivity contribution in [3.63, 3.8) is 0 Å². The number of hydrogen-bond donors (Lipinski definition) is 2. The van der Waals surface area contributed by atoms with Gasteiger partial charge in [-0.25, -0.2) is 9.97 Å². The minimum absolute atomic E-state index is 0. The fourth-order valence-corrected chi connectivity index (χ4v) is 4.72. The van der Waals surface area contributed by atoms with Crippen LogP contribution in [0.1, 0.15) is 25.5 Å². The van der Waals surface area contributed by atoms with E-state index in [1.807, 2.05) is 37.8 Å². The SMILES string of the molecule is C=C/C(C(=O)NC1CCN(C)CC1)=C1/C=C(C2=CCc3ncnc(-c4cnn(C)c4)c32)C=CN1.[HH]. The third-order valence-electron chi connectivity index (χ3n) is 6.58. The number of likely N-dealkylation sites (tertiary alicyclic amines) is 1. The molecule has 2 aromatic heterocycles. The number of hydrogen-bond acceptors (Lipinski definition) is 6. The van der Waals surface area contributed by atoms with E-state index in [2.05, 4.69) is 50.3 Å². The summed E-state index contributed by atoms with van der Waals surface area (Å²) in [7, 11) is 4.00. The summed E-state index contributed by atoms with van der Waals surface area (Å²) in [4.78, 5) is 24.5. The molecule has 0 bridgehead atoms. The second-order valence-corrected chi connectivity index (χ2v) is 8.93. The molecule has 0 spiro atoms. The van der Waals surface area contributed by atoms with Gasteiger partial charge in [-0.15, -0.1) is 0 Å². The number of fused-ring (bicyclic) bond motifs is 1. The van der Waals surface area contributed by atoms with Gasteiger partial charge in [-0.3, -0.25) is 9.48 Å². The molecule has 1 aliphatic carbocycles. The summed E-state index contributed by atoms with van der Waals surface area (Å²) >= 11 is 0. The molecule has 8 heteroatoms. The predicted octanol–water partition coefficient (Wildman–Crippen LogP) is 2.76. The maximum atomic E-state index is 13.1. The van der Waals surface area contributed by atoms with Gasteiger partial charge in [-0.2, -0.15) is 5.10 Å². The fourth-order valence-electron chi connectivity index (χ4n) is 4.72. The Labute approximate surface area is 201 Å². The third kappa shape index (κ3) is 4.24. The van der Waals surface area contributed by atoms with Gasteiger partial charge in [0, 0.05) is 44.5 Å². The minimum atomic E-state index is -0.0989. The molecule has 0 saturated carbocycles. The van der Waals surface area contributed by atoms with Crippen molar-refractivity contribution in [1.29, 1.82) is 0 Å². The van der Waals surface area contributed by atoms with Gasteiger partial charge in [-0.05, 0) is 56.3 Å². The Balaban J connectivity index is 0.00000289. The standard InChI is InChI=1S/C26H29N7O.H2/c1-4-20(26(34)31-19-8-11-32(2)12-9-19)23-13-17(7-10-27-23)21-5-6-22-24(21)25(29-16-28-22)18-14-30-33(3)15-18;/h4-5,7,10,13-16,19,27H,1,6,8-9,11-12H2,2-3H3,(H,31,34);1H/b23-20+;. The van der Waals surface area contributed by atoms with Crippen LogP contribution in [-0.2, 0) is 18.3 Å². The molecule has 1 fully saturated rings. The zero-order chi connectivity index (χ0) is 23.7. The molecular weight excluding hydrogens is 426 g/mol. The number of rotatable bonds is 5. The van der Waals surface area contributed by atoms with Crippen LogP contribution in [0.4, 0.5) is 0 Å². The highest BCUT2D eigenvalue weighted by Gasteiger charge is 2.26.